The zero-order valence-electron chi connectivity index (χ0n) is 22.0. The molecule has 0 radical (unpaired) electrons. The van der Waals surface area contributed by atoms with Gasteiger partial charge in [-0.2, -0.15) is 0 Å². The molecule has 0 aliphatic rings. The van der Waals surface area contributed by atoms with Crippen LogP contribution in [0, 0.1) is 5.82 Å². The van der Waals surface area contributed by atoms with Crippen LogP contribution in [0.1, 0.15) is 30.9 Å². The Hall–Kier alpha value is -3.24. The third kappa shape index (κ3) is 8.90. The number of para-hydroxylation sites is 1. The van der Waals surface area contributed by atoms with E-state index in [4.69, 9.17) is 0 Å². The lowest BCUT2D eigenvalue weighted by molar-refractivity contribution is -0.141. The van der Waals surface area contributed by atoms with Crippen LogP contribution in [0.3, 0.4) is 0 Å². The number of anilines is 1. The summed E-state index contributed by atoms with van der Waals surface area (Å²) in [5, 5.41) is 2.85. The van der Waals surface area contributed by atoms with E-state index >= 15 is 0 Å². The Morgan fingerprint density at radius 3 is 2.28 bits per heavy atom. The number of carbonyl (C=O) groups is 2. The standard InChI is InChI=1S/C29H33BrFN3O4S/c1-3-32-29(36)27(20-22-11-5-4-6-12-22)33(21-23-13-9-14-24(30)19-23)28(35)17-10-18-34(39(2,37)38)26-16-8-7-15-25(26)31/h4-9,11-16,19,27H,3,10,17-18,20-21H2,1-2H3,(H,32,36). The molecule has 0 aromatic heterocycles. The van der Waals surface area contributed by atoms with Crippen LogP contribution in [0.5, 0.6) is 0 Å². The largest absolute Gasteiger partial charge is 0.355 e. The average Bonchev–Trinajstić information content (AvgIpc) is 2.89. The highest BCUT2D eigenvalue weighted by atomic mass is 79.9. The van der Waals surface area contributed by atoms with E-state index in [9.17, 15) is 22.4 Å². The number of amides is 2. The van der Waals surface area contributed by atoms with Crippen molar-refractivity contribution in [3.8, 4) is 0 Å². The van der Waals surface area contributed by atoms with Crippen LogP contribution in [0.4, 0.5) is 10.1 Å². The van der Waals surface area contributed by atoms with Crippen molar-refractivity contribution < 1.29 is 22.4 Å². The van der Waals surface area contributed by atoms with Gasteiger partial charge in [-0.05, 0) is 48.7 Å². The molecule has 39 heavy (non-hydrogen) atoms. The summed E-state index contributed by atoms with van der Waals surface area (Å²) in [5.41, 5.74) is 1.68. The summed E-state index contributed by atoms with van der Waals surface area (Å²) >= 11 is 3.46. The van der Waals surface area contributed by atoms with Crippen LogP contribution < -0.4 is 9.62 Å². The Kier molecular flexibility index (Phi) is 11.1. The maximum Gasteiger partial charge on any atom is 0.243 e. The lowest BCUT2D eigenvalue weighted by Gasteiger charge is -2.32. The summed E-state index contributed by atoms with van der Waals surface area (Å²) in [6, 6.07) is 21.8. The second-order valence-corrected chi connectivity index (χ2v) is 12.0. The molecule has 0 aliphatic carbocycles. The molecular formula is C29H33BrFN3O4S. The van der Waals surface area contributed by atoms with Gasteiger partial charge < -0.3 is 10.2 Å². The molecule has 1 unspecified atom stereocenters. The molecule has 10 heteroatoms. The number of halogens is 2. The predicted molar refractivity (Wildman–Crippen MR) is 155 cm³/mol. The SMILES string of the molecule is CCNC(=O)C(Cc1ccccc1)N(Cc1cccc(Br)c1)C(=O)CCCN(c1ccccc1F)S(C)(=O)=O. The van der Waals surface area contributed by atoms with Crippen molar-refractivity contribution in [1.82, 2.24) is 10.2 Å². The molecule has 2 amide bonds. The summed E-state index contributed by atoms with van der Waals surface area (Å²) in [7, 11) is -3.79. The fraction of sp³-hybridized carbons (Fsp3) is 0.310. The minimum absolute atomic E-state index is 0.0286. The van der Waals surface area contributed by atoms with Crippen molar-refractivity contribution in [2.24, 2.45) is 0 Å². The normalized spacial score (nSPS) is 12.0. The number of carbonyl (C=O) groups excluding carboxylic acids is 2. The topological polar surface area (TPSA) is 86.8 Å². The van der Waals surface area contributed by atoms with Crippen molar-refractivity contribution in [3.63, 3.8) is 0 Å². The maximum absolute atomic E-state index is 14.4. The third-order valence-electron chi connectivity index (χ3n) is 6.14. The Balaban J connectivity index is 1.87. The summed E-state index contributed by atoms with van der Waals surface area (Å²) < 4.78 is 41.1. The van der Waals surface area contributed by atoms with E-state index in [0.717, 1.165) is 26.2 Å². The Bertz CT molecular complexity index is 1370. The van der Waals surface area contributed by atoms with E-state index in [1.165, 1.54) is 18.2 Å². The van der Waals surface area contributed by atoms with Crippen LogP contribution in [0.25, 0.3) is 0 Å². The van der Waals surface area contributed by atoms with Crippen molar-refractivity contribution in [3.05, 3.63) is 100 Å². The fourth-order valence-electron chi connectivity index (χ4n) is 4.31. The maximum atomic E-state index is 14.4. The summed E-state index contributed by atoms with van der Waals surface area (Å²) in [6.45, 7) is 2.34. The molecule has 3 rings (SSSR count). The van der Waals surface area contributed by atoms with Gasteiger partial charge in [0.1, 0.15) is 11.9 Å². The number of sulfonamides is 1. The molecule has 0 heterocycles. The van der Waals surface area contributed by atoms with E-state index in [-0.39, 0.29) is 43.4 Å². The van der Waals surface area contributed by atoms with Crippen molar-refractivity contribution >= 4 is 43.5 Å². The van der Waals surface area contributed by atoms with Crippen LogP contribution >= 0.6 is 15.9 Å². The third-order valence-corrected chi connectivity index (χ3v) is 7.81. The van der Waals surface area contributed by atoms with E-state index in [2.05, 4.69) is 21.2 Å². The van der Waals surface area contributed by atoms with Gasteiger partial charge >= 0.3 is 0 Å². The molecule has 7 nitrogen and oxygen atoms in total. The molecule has 0 bridgehead atoms. The van der Waals surface area contributed by atoms with Crippen molar-refractivity contribution in [2.45, 2.75) is 38.8 Å². The number of nitrogens with one attached hydrogen (secondary N) is 1. The average molecular weight is 619 g/mol. The summed E-state index contributed by atoms with van der Waals surface area (Å²) in [4.78, 5) is 28.5. The quantitative estimate of drug-likeness (QED) is 0.295. The van der Waals surface area contributed by atoms with Crippen LogP contribution in [0.2, 0.25) is 0 Å². The molecule has 208 valence electrons. The van der Waals surface area contributed by atoms with E-state index in [0.29, 0.717) is 13.0 Å². The number of hydrogen-bond acceptors (Lipinski definition) is 4. The first-order valence-electron chi connectivity index (χ1n) is 12.7. The monoisotopic (exact) mass is 617 g/mol. The molecule has 3 aromatic carbocycles. The molecule has 1 N–H and O–H groups in total. The first kappa shape index (κ1) is 30.3. The van der Waals surface area contributed by atoms with Crippen LogP contribution in [-0.4, -0.2) is 50.5 Å². The van der Waals surface area contributed by atoms with Crippen molar-refractivity contribution in [2.75, 3.05) is 23.7 Å². The molecule has 0 fully saturated rings. The first-order valence-corrected chi connectivity index (χ1v) is 15.3. The molecule has 1 atom stereocenters. The molecular weight excluding hydrogens is 585 g/mol. The Labute approximate surface area is 238 Å². The minimum Gasteiger partial charge on any atom is -0.355 e. The molecule has 0 saturated carbocycles. The molecule has 0 spiro atoms. The van der Waals surface area contributed by atoms with Crippen LogP contribution in [-0.2, 0) is 32.6 Å². The number of rotatable bonds is 13. The molecule has 0 saturated heterocycles. The Morgan fingerprint density at radius 2 is 1.64 bits per heavy atom. The van der Waals surface area contributed by atoms with Gasteiger partial charge in [-0.1, -0.05) is 70.5 Å². The second-order valence-electron chi connectivity index (χ2n) is 9.14. The lowest BCUT2D eigenvalue weighted by Crippen LogP contribution is -2.50. The number of nitrogens with zero attached hydrogens (tertiary/aromatic N) is 2. The first-order chi connectivity index (χ1) is 18.6. The van der Waals surface area contributed by atoms with Gasteiger partial charge in [-0.25, -0.2) is 12.8 Å². The number of likely N-dealkylation sites (N-methyl/N-ethyl adjacent to an activating group) is 1. The fourth-order valence-corrected chi connectivity index (χ4v) is 5.73. The molecule has 0 aliphatic heterocycles. The van der Waals surface area contributed by atoms with Gasteiger partial charge in [0.25, 0.3) is 0 Å². The molecule has 3 aromatic rings. The minimum atomic E-state index is -3.79. The van der Waals surface area contributed by atoms with Gasteiger partial charge in [0, 0.05) is 36.9 Å². The Morgan fingerprint density at radius 1 is 0.974 bits per heavy atom. The zero-order chi connectivity index (χ0) is 28.4. The van der Waals surface area contributed by atoms with Gasteiger partial charge in [0.2, 0.25) is 21.8 Å². The zero-order valence-corrected chi connectivity index (χ0v) is 24.4. The van der Waals surface area contributed by atoms with Crippen molar-refractivity contribution in [1.29, 1.82) is 0 Å². The van der Waals surface area contributed by atoms with Gasteiger partial charge in [0.15, 0.2) is 0 Å². The van der Waals surface area contributed by atoms with Crippen LogP contribution in [0.15, 0.2) is 83.3 Å². The lowest BCUT2D eigenvalue weighted by atomic mass is 10.0. The number of benzene rings is 3. The summed E-state index contributed by atoms with van der Waals surface area (Å²) in [5.74, 6) is -1.23. The van der Waals surface area contributed by atoms with E-state index < -0.39 is 21.9 Å². The highest BCUT2D eigenvalue weighted by Crippen LogP contribution is 2.23. The van der Waals surface area contributed by atoms with E-state index in [1.807, 2.05) is 61.5 Å². The van der Waals surface area contributed by atoms with Gasteiger partial charge in [-0.15, -0.1) is 0 Å². The van der Waals surface area contributed by atoms with E-state index in [1.54, 1.807) is 11.0 Å². The predicted octanol–water partition coefficient (Wildman–Crippen LogP) is 4.91. The highest BCUT2D eigenvalue weighted by Gasteiger charge is 2.30. The second kappa shape index (κ2) is 14.2. The smallest absolute Gasteiger partial charge is 0.243 e. The highest BCUT2D eigenvalue weighted by molar-refractivity contribution is 9.10. The summed E-state index contributed by atoms with van der Waals surface area (Å²) in [6.07, 6.45) is 1.44. The van der Waals surface area contributed by atoms with Gasteiger partial charge in [-0.3, -0.25) is 13.9 Å². The van der Waals surface area contributed by atoms with Gasteiger partial charge in [0.05, 0.1) is 11.9 Å². The number of hydrogen-bond donors (Lipinski definition) is 1.